The number of aromatic hydroxyl groups is 2. The quantitative estimate of drug-likeness (QED) is 0.629. The van der Waals surface area contributed by atoms with Crippen molar-refractivity contribution in [2.45, 2.75) is 32.0 Å². The zero-order valence-electron chi connectivity index (χ0n) is 17.8. The Bertz CT molecular complexity index is 932. The van der Waals surface area contributed by atoms with Gasteiger partial charge >= 0.3 is 6.18 Å². The highest BCUT2D eigenvalue weighted by atomic mass is 19.4. The first kappa shape index (κ1) is 22.4. The van der Waals surface area contributed by atoms with Gasteiger partial charge in [-0.1, -0.05) is 24.3 Å². The van der Waals surface area contributed by atoms with E-state index in [2.05, 4.69) is 4.90 Å². The predicted molar refractivity (Wildman–Crippen MR) is 116 cm³/mol. The average Bonchev–Trinajstić information content (AvgIpc) is 3.03. The zero-order chi connectivity index (χ0) is 22.7. The Hall–Kier alpha value is -2.81. The number of benzene rings is 1. The minimum atomic E-state index is -4.37. The fraction of sp³-hybridized carbons (Fsp3) is 0.478. The molecule has 174 valence electrons. The van der Waals surface area contributed by atoms with E-state index in [9.17, 15) is 23.4 Å². The highest BCUT2D eigenvalue weighted by Crippen LogP contribution is 2.37. The Kier molecular flexibility index (Phi) is 6.55. The summed E-state index contributed by atoms with van der Waals surface area (Å²) in [6.45, 7) is 2.95. The molecular formula is C23H28F3N3O3. The lowest BCUT2D eigenvalue weighted by molar-refractivity contribution is -0.153. The van der Waals surface area contributed by atoms with Gasteiger partial charge in [0.1, 0.15) is 5.75 Å². The number of piperazine rings is 1. The normalized spacial score (nSPS) is 16.9. The van der Waals surface area contributed by atoms with Gasteiger partial charge < -0.3 is 19.8 Å². The molecule has 0 saturated carbocycles. The smallest absolute Gasteiger partial charge is 0.422 e. The van der Waals surface area contributed by atoms with E-state index in [1.165, 1.54) is 0 Å². The SMILES string of the molecule is Oc1c2c(c(O)n1CCCN1CCN(c3ccccc3OCC(F)(F)F)CC1)CC=CC2. The Morgan fingerprint density at radius 2 is 1.50 bits per heavy atom. The van der Waals surface area contributed by atoms with E-state index < -0.39 is 12.8 Å². The van der Waals surface area contributed by atoms with Gasteiger partial charge in [-0.2, -0.15) is 13.2 Å². The summed E-state index contributed by atoms with van der Waals surface area (Å²) in [5.41, 5.74) is 2.30. The Labute approximate surface area is 185 Å². The number of allylic oxidation sites excluding steroid dienone is 2. The molecule has 1 saturated heterocycles. The van der Waals surface area contributed by atoms with Gasteiger partial charge in [0.15, 0.2) is 18.4 Å². The van der Waals surface area contributed by atoms with Gasteiger partial charge in [0.2, 0.25) is 0 Å². The number of ether oxygens (including phenoxy) is 1. The van der Waals surface area contributed by atoms with Crippen LogP contribution in [0.15, 0.2) is 36.4 Å². The van der Waals surface area contributed by atoms with Crippen LogP contribution >= 0.6 is 0 Å². The first-order chi connectivity index (χ1) is 15.3. The van der Waals surface area contributed by atoms with E-state index in [0.717, 1.165) is 37.2 Å². The van der Waals surface area contributed by atoms with Gasteiger partial charge in [0.25, 0.3) is 0 Å². The molecule has 0 unspecified atom stereocenters. The van der Waals surface area contributed by atoms with Crippen LogP contribution in [0, 0.1) is 0 Å². The molecule has 0 amide bonds. The molecule has 1 aromatic carbocycles. The number of hydrogen-bond acceptors (Lipinski definition) is 5. The second kappa shape index (κ2) is 9.36. The van der Waals surface area contributed by atoms with Gasteiger partial charge in [0.05, 0.1) is 5.69 Å². The molecule has 1 fully saturated rings. The highest BCUT2D eigenvalue weighted by molar-refractivity contribution is 5.58. The van der Waals surface area contributed by atoms with Crippen LogP contribution in [0.1, 0.15) is 17.5 Å². The van der Waals surface area contributed by atoms with Crippen LogP contribution in [0.2, 0.25) is 0 Å². The molecule has 6 nitrogen and oxygen atoms in total. The third-order valence-electron chi connectivity index (χ3n) is 6.05. The van der Waals surface area contributed by atoms with Crippen molar-refractivity contribution in [2.75, 3.05) is 44.2 Å². The van der Waals surface area contributed by atoms with Crippen molar-refractivity contribution in [3.63, 3.8) is 0 Å². The lowest BCUT2D eigenvalue weighted by Gasteiger charge is -2.36. The molecule has 1 aliphatic heterocycles. The molecule has 2 heterocycles. The van der Waals surface area contributed by atoms with Crippen LogP contribution in [0.4, 0.5) is 18.9 Å². The number of para-hydroxylation sites is 2. The third-order valence-corrected chi connectivity index (χ3v) is 6.05. The standard InChI is InChI=1S/C23H28F3N3O3/c24-23(25,26)16-32-20-9-4-3-8-19(20)28-14-12-27(13-15-28)10-5-11-29-21(30)17-6-1-2-7-18(17)22(29)31/h1-4,8-9,30-31H,5-7,10-16H2. The monoisotopic (exact) mass is 451 g/mol. The van der Waals surface area contributed by atoms with E-state index >= 15 is 0 Å². The maximum Gasteiger partial charge on any atom is 0.422 e. The molecule has 0 bridgehead atoms. The second-order valence-corrected chi connectivity index (χ2v) is 8.19. The number of fused-ring (bicyclic) bond motifs is 1. The number of halogens is 3. The van der Waals surface area contributed by atoms with Crippen molar-refractivity contribution in [1.82, 2.24) is 9.47 Å². The summed E-state index contributed by atoms with van der Waals surface area (Å²) in [6.07, 6.45) is 1.67. The molecule has 2 N–H and O–H groups in total. The van der Waals surface area contributed by atoms with Crippen LogP contribution in [-0.4, -0.2) is 65.2 Å². The van der Waals surface area contributed by atoms with E-state index in [1.54, 1.807) is 28.8 Å². The molecule has 0 radical (unpaired) electrons. The molecule has 2 aliphatic rings. The van der Waals surface area contributed by atoms with Gasteiger partial charge in [-0.15, -0.1) is 0 Å². The lowest BCUT2D eigenvalue weighted by atomic mass is 10.0. The summed E-state index contributed by atoms with van der Waals surface area (Å²) in [5.74, 6) is 0.555. The van der Waals surface area contributed by atoms with Crippen molar-refractivity contribution in [2.24, 2.45) is 0 Å². The van der Waals surface area contributed by atoms with Crippen LogP contribution in [0.25, 0.3) is 0 Å². The van der Waals surface area contributed by atoms with Crippen molar-refractivity contribution in [1.29, 1.82) is 0 Å². The first-order valence-electron chi connectivity index (χ1n) is 10.9. The number of aromatic nitrogens is 1. The molecule has 2 aromatic rings. The number of anilines is 1. The number of rotatable bonds is 7. The summed E-state index contributed by atoms with van der Waals surface area (Å²) in [4.78, 5) is 4.33. The fourth-order valence-electron chi connectivity index (χ4n) is 4.40. The topological polar surface area (TPSA) is 61.1 Å². The Morgan fingerprint density at radius 1 is 0.875 bits per heavy atom. The largest absolute Gasteiger partial charge is 0.494 e. The van der Waals surface area contributed by atoms with Gasteiger partial charge in [-0.25, -0.2) is 0 Å². The van der Waals surface area contributed by atoms with E-state index in [1.807, 2.05) is 17.1 Å². The Morgan fingerprint density at radius 3 is 2.12 bits per heavy atom. The summed E-state index contributed by atoms with van der Waals surface area (Å²) in [7, 11) is 0. The van der Waals surface area contributed by atoms with E-state index in [4.69, 9.17) is 4.74 Å². The van der Waals surface area contributed by atoms with E-state index in [-0.39, 0.29) is 17.5 Å². The van der Waals surface area contributed by atoms with Crippen molar-refractivity contribution >= 4 is 5.69 Å². The van der Waals surface area contributed by atoms with Gasteiger partial charge in [-0.05, 0) is 37.9 Å². The number of alkyl halides is 3. The molecule has 0 spiro atoms. The minimum absolute atomic E-state index is 0.155. The predicted octanol–water partition coefficient (Wildman–Crippen LogP) is 3.71. The molecule has 1 aromatic heterocycles. The molecular weight excluding hydrogens is 423 g/mol. The van der Waals surface area contributed by atoms with Crippen LogP contribution in [-0.2, 0) is 19.4 Å². The lowest BCUT2D eigenvalue weighted by Crippen LogP contribution is -2.46. The van der Waals surface area contributed by atoms with Crippen molar-refractivity contribution in [3.05, 3.63) is 47.5 Å². The number of hydrogen-bond donors (Lipinski definition) is 2. The maximum absolute atomic E-state index is 12.5. The van der Waals surface area contributed by atoms with Crippen LogP contribution in [0.5, 0.6) is 17.5 Å². The second-order valence-electron chi connectivity index (χ2n) is 8.19. The number of nitrogens with zero attached hydrogens (tertiary/aromatic N) is 3. The summed E-state index contributed by atoms with van der Waals surface area (Å²) >= 11 is 0. The van der Waals surface area contributed by atoms with Crippen LogP contribution in [0.3, 0.4) is 0 Å². The Balaban J connectivity index is 1.28. The summed E-state index contributed by atoms with van der Waals surface area (Å²) in [6, 6.07) is 6.83. The zero-order valence-corrected chi connectivity index (χ0v) is 17.8. The van der Waals surface area contributed by atoms with Gasteiger partial charge in [-0.3, -0.25) is 9.47 Å². The van der Waals surface area contributed by atoms with E-state index in [0.29, 0.717) is 38.2 Å². The molecule has 32 heavy (non-hydrogen) atoms. The maximum atomic E-state index is 12.5. The van der Waals surface area contributed by atoms with Gasteiger partial charge in [0, 0.05) is 43.9 Å². The van der Waals surface area contributed by atoms with Crippen molar-refractivity contribution in [3.8, 4) is 17.5 Å². The summed E-state index contributed by atoms with van der Waals surface area (Å²) in [5, 5.41) is 20.9. The molecule has 0 atom stereocenters. The molecule has 4 rings (SSSR count). The van der Waals surface area contributed by atoms with Crippen molar-refractivity contribution < 1.29 is 28.1 Å². The average molecular weight is 451 g/mol. The fourth-order valence-corrected chi connectivity index (χ4v) is 4.40. The molecule has 1 aliphatic carbocycles. The molecule has 9 heteroatoms. The summed E-state index contributed by atoms with van der Waals surface area (Å²) < 4.78 is 44.2. The van der Waals surface area contributed by atoms with Crippen LogP contribution < -0.4 is 9.64 Å². The highest BCUT2D eigenvalue weighted by Gasteiger charge is 2.29. The third kappa shape index (κ3) is 4.98. The first-order valence-corrected chi connectivity index (χ1v) is 10.9. The minimum Gasteiger partial charge on any atom is -0.494 e.